The Labute approximate surface area is 127 Å². The van der Waals surface area contributed by atoms with Gasteiger partial charge in [0, 0.05) is 32.2 Å². The van der Waals surface area contributed by atoms with Crippen molar-refractivity contribution in [2.45, 2.75) is 32.9 Å². The maximum absolute atomic E-state index is 11.8. The van der Waals surface area contributed by atoms with Crippen molar-refractivity contribution in [2.75, 3.05) is 26.7 Å². The predicted molar refractivity (Wildman–Crippen MR) is 84.3 cm³/mol. The topological polar surface area (TPSA) is 41.6 Å². The molecule has 1 heterocycles. The number of carbonyl (C=O) groups is 1. The van der Waals surface area contributed by atoms with E-state index in [1.54, 1.807) is 0 Å². The molecule has 1 aliphatic rings. The van der Waals surface area contributed by atoms with E-state index in [1.807, 2.05) is 24.3 Å². The van der Waals surface area contributed by atoms with Crippen molar-refractivity contribution >= 4 is 5.97 Å². The third kappa shape index (κ3) is 4.55. The van der Waals surface area contributed by atoms with Gasteiger partial charge in [0.1, 0.15) is 0 Å². The summed E-state index contributed by atoms with van der Waals surface area (Å²) in [6, 6.07) is 8.27. The Morgan fingerprint density at radius 2 is 2.19 bits per heavy atom. The minimum absolute atomic E-state index is 0.250. The molecule has 0 bridgehead atoms. The minimum atomic E-state index is -0.250. The Morgan fingerprint density at radius 1 is 1.43 bits per heavy atom. The molecule has 0 saturated carbocycles. The summed E-state index contributed by atoms with van der Waals surface area (Å²) in [5, 5.41) is 3.58. The number of rotatable bonds is 5. The van der Waals surface area contributed by atoms with Crippen molar-refractivity contribution < 1.29 is 9.53 Å². The molecule has 0 radical (unpaired) electrons. The van der Waals surface area contributed by atoms with Gasteiger partial charge < -0.3 is 10.1 Å². The molecule has 116 valence electrons. The summed E-state index contributed by atoms with van der Waals surface area (Å²) < 4.78 is 4.87. The molecule has 0 aromatic heterocycles. The first-order valence-electron chi connectivity index (χ1n) is 7.72. The molecule has 1 fully saturated rings. The minimum Gasteiger partial charge on any atom is -0.465 e. The van der Waals surface area contributed by atoms with E-state index in [2.05, 4.69) is 24.1 Å². The zero-order chi connectivity index (χ0) is 15.2. The number of hydrogen-bond acceptors (Lipinski definition) is 4. The second-order valence-electron chi connectivity index (χ2n) is 6.16. The first-order chi connectivity index (χ1) is 10.1. The van der Waals surface area contributed by atoms with Gasteiger partial charge in [-0.1, -0.05) is 32.0 Å². The number of esters is 1. The van der Waals surface area contributed by atoms with Gasteiger partial charge in [0.05, 0.1) is 12.7 Å². The first-order valence-corrected chi connectivity index (χ1v) is 7.72. The summed E-state index contributed by atoms with van der Waals surface area (Å²) in [7, 11) is 1.43. The second kappa shape index (κ2) is 7.57. The highest BCUT2D eigenvalue weighted by Gasteiger charge is 2.21. The van der Waals surface area contributed by atoms with E-state index >= 15 is 0 Å². The molecule has 0 amide bonds. The van der Waals surface area contributed by atoms with Crippen molar-refractivity contribution in [2.24, 2.45) is 5.92 Å². The van der Waals surface area contributed by atoms with Gasteiger partial charge in [0.2, 0.25) is 0 Å². The van der Waals surface area contributed by atoms with Crippen LogP contribution in [-0.4, -0.2) is 43.7 Å². The van der Waals surface area contributed by atoms with Gasteiger partial charge in [0.25, 0.3) is 0 Å². The fourth-order valence-corrected chi connectivity index (χ4v) is 2.97. The van der Waals surface area contributed by atoms with Crippen molar-refractivity contribution in [3.05, 3.63) is 35.4 Å². The summed E-state index contributed by atoms with van der Waals surface area (Å²) in [5.74, 6) is 0.448. The number of ether oxygens (including phenoxy) is 1. The quantitative estimate of drug-likeness (QED) is 0.845. The van der Waals surface area contributed by atoms with Crippen LogP contribution in [-0.2, 0) is 11.3 Å². The smallest absolute Gasteiger partial charge is 0.338 e. The van der Waals surface area contributed by atoms with Crippen LogP contribution in [0, 0.1) is 5.92 Å². The SMILES string of the molecule is COC(=O)c1ccccc1CN1CCNC(CC(C)C)C1. The third-order valence-corrected chi connectivity index (χ3v) is 3.91. The second-order valence-corrected chi connectivity index (χ2v) is 6.16. The number of benzene rings is 1. The van der Waals surface area contributed by atoms with Crippen molar-refractivity contribution in [1.29, 1.82) is 0 Å². The molecule has 1 saturated heterocycles. The normalized spacial score (nSPS) is 19.7. The lowest BCUT2D eigenvalue weighted by atomic mass is 10.0. The molecule has 0 spiro atoms. The summed E-state index contributed by atoms with van der Waals surface area (Å²) in [5.41, 5.74) is 1.73. The molecule has 21 heavy (non-hydrogen) atoms. The third-order valence-electron chi connectivity index (χ3n) is 3.91. The Morgan fingerprint density at radius 3 is 2.90 bits per heavy atom. The van der Waals surface area contributed by atoms with Crippen LogP contribution < -0.4 is 5.32 Å². The van der Waals surface area contributed by atoms with Crippen LogP contribution in [0.25, 0.3) is 0 Å². The van der Waals surface area contributed by atoms with Crippen LogP contribution in [0.15, 0.2) is 24.3 Å². The van der Waals surface area contributed by atoms with Crippen LogP contribution >= 0.6 is 0 Å². The van der Waals surface area contributed by atoms with Gasteiger partial charge in [-0.2, -0.15) is 0 Å². The van der Waals surface area contributed by atoms with Crippen molar-refractivity contribution in [1.82, 2.24) is 10.2 Å². The maximum Gasteiger partial charge on any atom is 0.338 e. The van der Waals surface area contributed by atoms with E-state index in [9.17, 15) is 4.79 Å². The fraction of sp³-hybridized carbons (Fsp3) is 0.588. The van der Waals surface area contributed by atoms with Crippen molar-refractivity contribution in [3.63, 3.8) is 0 Å². The van der Waals surface area contributed by atoms with Crippen LogP contribution in [0.4, 0.5) is 0 Å². The summed E-state index contributed by atoms with van der Waals surface area (Å²) in [4.78, 5) is 14.3. The van der Waals surface area contributed by atoms with Gasteiger partial charge in [0.15, 0.2) is 0 Å². The Balaban J connectivity index is 2.02. The van der Waals surface area contributed by atoms with E-state index in [4.69, 9.17) is 4.74 Å². The summed E-state index contributed by atoms with van der Waals surface area (Å²) in [6.07, 6.45) is 1.19. The van der Waals surface area contributed by atoms with Crippen LogP contribution in [0.2, 0.25) is 0 Å². The fourth-order valence-electron chi connectivity index (χ4n) is 2.97. The number of carbonyl (C=O) groups excluding carboxylic acids is 1. The molecule has 1 N–H and O–H groups in total. The molecule has 1 atom stereocenters. The van der Waals surface area contributed by atoms with Crippen LogP contribution in [0.1, 0.15) is 36.2 Å². The lowest BCUT2D eigenvalue weighted by molar-refractivity contribution is 0.0597. The monoisotopic (exact) mass is 290 g/mol. The van der Waals surface area contributed by atoms with Gasteiger partial charge in [-0.05, 0) is 24.0 Å². The molecular weight excluding hydrogens is 264 g/mol. The van der Waals surface area contributed by atoms with E-state index in [0.717, 1.165) is 31.7 Å². The van der Waals surface area contributed by atoms with Gasteiger partial charge in [-0.25, -0.2) is 4.79 Å². The van der Waals surface area contributed by atoms with Gasteiger partial charge in [-0.15, -0.1) is 0 Å². The predicted octanol–water partition coefficient (Wildman–Crippen LogP) is 2.29. The molecular formula is C17H26N2O2. The lowest BCUT2D eigenvalue weighted by Gasteiger charge is -2.34. The average Bonchev–Trinajstić information content (AvgIpc) is 2.47. The Hall–Kier alpha value is -1.39. The number of nitrogens with one attached hydrogen (secondary N) is 1. The lowest BCUT2D eigenvalue weighted by Crippen LogP contribution is -2.50. The molecule has 4 heteroatoms. The van der Waals surface area contributed by atoms with E-state index in [1.165, 1.54) is 13.5 Å². The molecule has 0 aliphatic carbocycles. The maximum atomic E-state index is 11.8. The van der Waals surface area contributed by atoms with E-state index in [0.29, 0.717) is 17.5 Å². The Kier molecular flexibility index (Phi) is 5.76. The molecule has 1 aromatic carbocycles. The molecule has 2 rings (SSSR count). The molecule has 4 nitrogen and oxygen atoms in total. The number of methoxy groups -OCH3 is 1. The first kappa shape index (κ1) is 16.0. The molecule has 1 aliphatic heterocycles. The number of piperazine rings is 1. The van der Waals surface area contributed by atoms with Crippen LogP contribution in [0.3, 0.4) is 0 Å². The van der Waals surface area contributed by atoms with Crippen LogP contribution in [0.5, 0.6) is 0 Å². The standard InChI is InChI=1S/C17H26N2O2/c1-13(2)10-15-12-19(9-8-18-15)11-14-6-4-5-7-16(14)17(20)21-3/h4-7,13,15,18H,8-12H2,1-3H3. The van der Waals surface area contributed by atoms with Gasteiger partial charge in [-0.3, -0.25) is 4.90 Å². The highest BCUT2D eigenvalue weighted by Crippen LogP contribution is 2.16. The zero-order valence-electron chi connectivity index (χ0n) is 13.3. The van der Waals surface area contributed by atoms with Gasteiger partial charge >= 0.3 is 5.97 Å². The highest BCUT2D eigenvalue weighted by atomic mass is 16.5. The molecule has 1 aromatic rings. The largest absolute Gasteiger partial charge is 0.465 e. The summed E-state index contributed by atoms with van der Waals surface area (Å²) >= 11 is 0. The van der Waals surface area contributed by atoms with Crippen molar-refractivity contribution in [3.8, 4) is 0 Å². The molecule has 1 unspecified atom stereocenters. The number of nitrogens with zero attached hydrogens (tertiary/aromatic N) is 1. The van der Waals surface area contributed by atoms with E-state index in [-0.39, 0.29) is 5.97 Å². The average molecular weight is 290 g/mol. The Bertz CT molecular complexity index is 474. The zero-order valence-corrected chi connectivity index (χ0v) is 13.3. The summed E-state index contributed by atoms with van der Waals surface area (Å²) in [6.45, 7) is 8.39. The number of hydrogen-bond donors (Lipinski definition) is 1. The highest BCUT2D eigenvalue weighted by molar-refractivity contribution is 5.90. The van der Waals surface area contributed by atoms with E-state index < -0.39 is 0 Å².